The summed E-state index contributed by atoms with van der Waals surface area (Å²) in [5.41, 5.74) is 21.2. The standard InChI is InChI=1S/C34H42N2O2/c1-15-17(3)22(8)32(23(9)18(15)4)36-33-24(10)19(5)16(2)20(6)30(33)31-26(12)29(21(7)25(11)34(31)36)27(13)35-38-28(14)37/h1-14H3/b35-27-. The van der Waals surface area contributed by atoms with E-state index in [1.54, 1.807) is 0 Å². The van der Waals surface area contributed by atoms with Gasteiger partial charge in [0.2, 0.25) is 0 Å². The highest BCUT2D eigenvalue weighted by molar-refractivity contribution is 6.18. The maximum absolute atomic E-state index is 11.5. The molecule has 4 heteroatoms. The van der Waals surface area contributed by atoms with Gasteiger partial charge in [-0.15, -0.1) is 0 Å². The Balaban J connectivity index is 2.40. The third kappa shape index (κ3) is 3.72. The van der Waals surface area contributed by atoms with E-state index in [1.807, 2.05) is 6.92 Å². The molecule has 0 saturated carbocycles. The molecular weight excluding hydrogens is 468 g/mol. The van der Waals surface area contributed by atoms with Gasteiger partial charge in [-0.3, -0.25) is 0 Å². The lowest BCUT2D eigenvalue weighted by atomic mass is 9.88. The number of aromatic nitrogens is 1. The Bertz CT molecular complexity index is 1700. The topological polar surface area (TPSA) is 43.6 Å². The first-order valence-corrected chi connectivity index (χ1v) is 13.5. The van der Waals surface area contributed by atoms with E-state index in [-0.39, 0.29) is 0 Å². The van der Waals surface area contributed by atoms with Crippen molar-refractivity contribution in [1.82, 2.24) is 4.57 Å². The van der Waals surface area contributed by atoms with Gasteiger partial charge in [-0.2, -0.15) is 0 Å². The van der Waals surface area contributed by atoms with E-state index in [0.29, 0.717) is 5.71 Å². The van der Waals surface area contributed by atoms with Gasteiger partial charge >= 0.3 is 5.97 Å². The number of fused-ring (bicyclic) bond motifs is 3. The fourth-order valence-electron chi connectivity index (χ4n) is 6.47. The molecule has 1 heterocycles. The summed E-state index contributed by atoms with van der Waals surface area (Å²) in [5.74, 6) is -0.414. The number of nitrogens with zero attached hydrogens (tertiary/aromatic N) is 2. The van der Waals surface area contributed by atoms with Gasteiger partial charge in [0, 0.05) is 23.3 Å². The number of oxime groups is 1. The average molecular weight is 511 g/mol. The molecule has 4 aromatic rings. The Kier molecular flexibility index (Phi) is 6.84. The van der Waals surface area contributed by atoms with Crippen LogP contribution in [0.5, 0.6) is 0 Å². The Labute approximate surface area is 227 Å². The van der Waals surface area contributed by atoms with Crippen molar-refractivity contribution < 1.29 is 9.63 Å². The highest BCUT2D eigenvalue weighted by atomic mass is 16.7. The summed E-state index contributed by atoms with van der Waals surface area (Å²) < 4.78 is 2.56. The van der Waals surface area contributed by atoms with Gasteiger partial charge in [0.1, 0.15) is 0 Å². The summed E-state index contributed by atoms with van der Waals surface area (Å²) in [5, 5.41) is 6.76. The normalized spacial score (nSPS) is 12.2. The molecule has 0 aliphatic rings. The predicted molar refractivity (Wildman–Crippen MR) is 162 cm³/mol. The molecular formula is C34H42N2O2. The first kappa shape index (κ1) is 27.6. The van der Waals surface area contributed by atoms with Crippen LogP contribution in [0.2, 0.25) is 0 Å². The van der Waals surface area contributed by atoms with Crippen molar-refractivity contribution in [2.45, 2.75) is 96.9 Å². The van der Waals surface area contributed by atoms with E-state index in [1.165, 1.54) is 95.6 Å². The summed E-state index contributed by atoms with van der Waals surface area (Å²) >= 11 is 0. The van der Waals surface area contributed by atoms with Crippen LogP contribution in [0.15, 0.2) is 5.16 Å². The molecule has 0 saturated heterocycles. The lowest BCUT2D eigenvalue weighted by Crippen LogP contribution is -2.10. The van der Waals surface area contributed by atoms with Crippen molar-refractivity contribution in [3.8, 4) is 5.69 Å². The number of hydrogen-bond donors (Lipinski definition) is 0. The largest absolute Gasteiger partial charge is 0.331 e. The molecule has 0 unspecified atom stereocenters. The molecule has 0 aliphatic heterocycles. The van der Waals surface area contributed by atoms with Gasteiger partial charge in [0.15, 0.2) is 0 Å². The summed E-state index contributed by atoms with van der Waals surface area (Å²) in [6, 6.07) is 0. The lowest BCUT2D eigenvalue weighted by Gasteiger charge is -2.23. The minimum Gasteiger partial charge on any atom is -0.318 e. The highest BCUT2D eigenvalue weighted by Crippen LogP contribution is 2.45. The van der Waals surface area contributed by atoms with Gasteiger partial charge in [0.25, 0.3) is 0 Å². The fourth-order valence-corrected chi connectivity index (χ4v) is 6.47. The third-order valence-electron chi connectivity index (χ3n) is 9.49. The monoisotopic (exact) mass is 510 g/mol. The van der Waals surface area contributed by atoms with E-state index < -0.39 is 5.97 Å². The summed E-state index contributed by atoms with van der Waals surface area (Å²) in [6.45, 7) is 30.2. The number of benzene rings is 3. The zero-order valence-electron chi connectivity index (χ0n) is 25.7. The predicted octanol–water partition coefficient (Wildman–Crippen LogP) is 8.77. The molecule has 38 heavy (non-hydrogen) atoms. The number of carbonyl (C=O) groups excluding carboxylic acids is 1. The Morgan fingerprint density at radius 1 is 0.526 bits per heavy atom. The zero-order chi connectivity index (χ0) is 28.5. The fraction of sp³-hybridized carbons (Fsp3) is 0.412. The van der Waals surface area contributed by atoms with Gasteiger partial charge in [-0.1, -0.05) is 5.16 Å². The summed E-state index contributed by atoms with van der Waals surface area (Å²) in [6.07, 6.45) is 0. The quantitative estimate of drug-likeness (QED) is 0.157. The molecule has 1 aromatic heterocycles. The first-order valence-electron chi connectivity index (χ1n) is 13.5. The number of hydrogen-bond acceptors (Lipinski definition) is 3. The van der Waals surface area contributed by atoms with E-state index in [2.05, 4.69) is 92.8 Å². The van der Waals surface area contributed by atoms with Crippen molar-refractivity contribution in [2.75, 3.05) is 0 Å². The zero-order valence-corrected chi connectivity index (χ0v) is 25.7. The van der Waals surface area contributed by atoms with Crippen molar-refractivity contribution in [3.05, 3.63) is 72.3 Å². The highest BCUT2D eigenvalue weighted by Gasteiger charge is 2.27. The smallest absolute Gasteiger partial charge is 0.318 e. The van der Waals surface area contributed by atoms with Gasteiger partial charge in [-0.25, -0.2) is 4.79 Å². The average Bonchev–Trinajstić information content (AvgIpc) is 3.22. The molecule has 0 bridgehead atoms. The van der Waals surface area contributed by atoms with Crippen molar-refractivity contribution in [1.29, 1.82) is 0 Å². The van der Waals surface area contributed by atoms with Gasteiger partial charge in [0.05, 0.1) is 22.4 Å². The van der Waals surface area contributed by atoms with Crippen LogP contribution in [-0.4, -0.2) is 16.2 Å². The number of carbonyl (C=O) groups is 1. The van der Waals surface area contributed by atoms with Crippen LogP contribution in [0, 0.1) is 83.1 Å². The van der Waals surface area contributed by atoms with Crippen LogP contribution in [0.25, 0.3) is 27.5 Å². The molecule has 0 aliphatic carbocycles. The molecule has 0 fully saturated rings. The number of aryl methyl sites for hydroxylation is 4. The lowest BCUT2D eigenvalue weighted by molar-refractivity contribution is -0.140. The van der Waals surface area contributed by atoms with Gasteiger partial charge in [-0.05, 0) is 157 Å². The molecule has 0 atom stereocenters. The second-order valence-corrected chi connectivity index (χ2v) is 11.3. The molecule has 0 spiro atoms. The van der Waals surface area contributed by atoms with E-state index >= 15 is 0 Å². The second-order valence-electron chi connectivity index (χ2n) is 11.3. The van der Waals surface area contributed by atoms with Crippen molar-refractivity contribution >= 4 is 33.5 Å². The van der Waals surface area contributed by atoms with E-state index in [0.717, 1.165) is 11.1 Å². The van der Waals surface area contributed by atoms with Crippen LogP contribution in [0.1, 0.15) is 86.2 Å². The molecule has 3 aromatic carbocycles. The van der Waals surface area contributed by atoms with E-state index in [4.69, 9.17) is 4.84 Å². The maximum atomic E-state index is 11.5. The molecule has 0 amide bonds. The Morgan fingerprint density at radius 3 is 1.42 bits per heavy atom. The van der Waals surface area contributed by atoms with Crippen LogP contribution in [0.4, 0.5) is 0 Å². The van der Waals surface area contributed by atoms with Crippen molar-refractivity contribution in [2.24, 2.45) is 5.16 Å². The van der Waals surface area contributed by atoms with Crippen LogP contribution in [0.3, 0.4) is 0 Å². The Hall–Kier alpha value is -3.40. The minimum absolute atomic E-state index is 0.414. The first-order chi connectivity index (χ1) is 17.6. The molecule has 0 N–H and O–H groups in total. The third-order valence-corrected chi connectivity index (χ3v) is 9.49. The molecule has 4 nitrogen and oxygen atoms in total. The SMILES string of the molecule is CC(=O)O/N=C(/C)c1c(C)c(C)c2c(c1C)c1c(C)c(C)c(C)c(C)c1n2-c1c(C)c(C)c(C)c(C)c1C. The molecule has 0 radical (unpaired) electrons. The second kappa shape index (κ2) is 9.41. The maximum Gasteiger partial charge on any atom is 0.331 e. The van der Waals surface area contributed by atoms with E-state index in [9.17, 15) is 4.79 Å². The minimum atomic E-state index is -0.414. The summed E-state index contributed by atoms with van der Waals surface area (Å²) in [7, 11) is 0. The number of rotatable bonds is 3. The van der Waals surface area contributed by atoms with Gasteiger partial charge < -0.3 is 9.40 Å². The van der Waals surface area contributed by atoms with Crippen LogP contribution in [-0.2, 0) is 9.63 Å². The molecule has 200 valence electrons. The summed E-state index contributed by atoms with van der Waals surface area (Å²) in [4.78, 5) is 16.6. The Morgan fingerprint density at radius 2 is 0.921 bits per heavy atom. The van der Waals surface area contributed by atoms with Crippen LogP contribution >= 0.6 is 0 Å². The molecule has 4 rings (SSSR count). The van der Waals surface area contributed by atoms with Crippen molar-refractivity contribution in [3.63, 3.8) is 0 Å². The van der Waals surface area contributed by atoms with Crippen LogP contribution < -0.4 is 0 Å².